The van der Waals surface area contributed by atoms with Gasteiger partial charge in [0.25, 0.3) is 0 Å². The Bertz CT molecular complexity index is 385. The summed E-state index contributed by atoms with van der Waals surface area (Å²) in [6, 6.07) is 5.00. The first-order valence-corrected chi connectivity index (χ1v) is 4.79. The second-order valence-electron chi connectivity index (χ2n) is 3.00. The van der Waals surface area contributed by atoms with Crippen LogP contribution in [0.1, 0.15) is 11.1 Å². The van der Waals surface area contributed by atoms with Gasteiger partial charge in [0.15, 0.2) is 0 Å². The van der Waals surface area contributed by atoms with Crippen molar-refractivity contribution in [2.75, 3.05) is 6.61 Å². The van der Waals surface area contributed by atoms with Crippen LogP contribution < -0.4 is 0 Å². The van der Waals surface area contributed by atoms with Gasteiger partial charge < -0.3 is 10.2 Å². The van der Waals surface area contributed by atoms with Crippen LogP contribution in [0.5, 0.6) is 0 Å². The van der Waals surface area contributed by atoms with E-state index in [4.69, 9.17) is 21.8 Å². The number of carboxylic acids is 1. The lowest BCUT2D eigenvalue weighted by Crippen LogP contribution is -2.01. The van der Waals surface area contributed by atoms with Gasteiger partial charge in [-0.25, -0.2) is 0 Å². The molecule has 0 amide bonds. The van der Waals surface area contributed by atoms with E-state index >= 15 is 0 Å². The molecule has 0 aliphatic carbocycles. The molecule has 15 heavy (non-hydrogen) atoms. The van der Waals surface area contributed by atoms with Gasteiger partial charge in [-0.05, 0) is 23.3 Å². The van der Waals surface area contributed by atoms with Crippen molar-refractivity contribution in [3.63, 3.8) is 0 Å². The third kappa shape index (κ3) is 3.73. The Morgan fingerprint density at radius 3 is 2.80 bits per heavy atom. The molecule has 80 valence electrons. The molecule has 0 spiro atoms. The Balaban J connectivity index is 3.02. The molecule has 1 rings (SSSR count). The summed E-state index contributed by atoms with van der Waals surface area (Å²) in [4.78, 5) is 10.6. The Morgan fingerprint density at radius 1 is 1.47 bits per heavy atom. The maximum Gasteiger partial charge on any atom is 0.307 e. The average molecular weight is 227 g/mol. The summed E-state index contributed by atoms with van der Waals surface area (Å²) in [5, 5.41) is 17.9. The summed E-state index contributed by atoms with van der Waals surface area (Å²) < 4.78 is 0. The third-order valence-electron chi connectivity index (χ3n) is 1.85. The fourth-order valence-corrected chi connectivity index (χ4v) is 1.41. The summed E-state index contributed by atoms with van der Waals surface area (Å²) >= 11 is 5.79. The average Bonchev–Trinajstić information content (AvgIpc) is 2.18. The molecule has 0 fully saturated rings. The molecule has 4 heteroatoms. The maximum absolute atomic E-state index is 10.6. The highest BCUT2D eigenvalue weighted by Gasteiger charge is 2.05. The molecule has 2 N–H and O–H groups in total. The number of hydrogen-bond acceptors (Lipinski definition) is 2. The van der Waals surface area contributed by atoms with E-state index in [2.05, 4.69) is 0 Å². The van der Waals surface area contributed by atoms with Crippen molar-refractivity contribution in [3.8, 4) is 0 Å². The van der Waals surface area contributed by atoms with Crippen molar-refractivity contribution in [2.45, 2.75) is 6.42 Å². The van der Waals surface area contributed by atoms with Gasteiger partial charge in [0.05, 0.1) is 13.0 Å². The van der Waals surface area contributed by atoms with Gasteiger partial charge in [0.2, 0.25) is 0 Å². The van der Waals surface area contributed by atoms with Crippen LogP contribution in [0.3, 0.4) is 0 Å². The van der Waals surface area contributed by atoms with Crippen LogP contribution in [-0.4, -0.2) is 22.8 Å². The first-order valence-electron chi connectivity index (χ1n) is 4.41. The van der Waals surface area contributed by atoms with Crippen LogP contribution in [-0.2, 0) is 11.2 Å². The minimum atomic E-state index is -0.893. The molecule has 0 atom stereocenters. The van der Waals surface area contributed by atoms with Crippen molar-refractivity contribution < 1.29 is 15.0 Å². The van der Waals surface area contributed by atoms with E-state index in [1.807, 2.05) is 0 Å². The van der Waals surface area contributed by atoms with Crippen molar-refractivity contribution in [2.24, 2.45) is 0 Å². The minimum absolute atomic E-state index is 0.0533. The predicted octanol–water partition coefficient (Wildman–Crippen LogP) is 1.97. The van der Waals surface area contributed by atoms with Gasteiger partial charge >= 0.3 is 5.97 Å². The predicted molar refractivity (Wildman–Crippen MR) is 58.9 cm³/mol. The van der Waals surface area contributed by atoms with E-state index < -0.39 is 5.97 Å². The molecule has 0 radical (unpaired) electrons. The van der Waals surface area contributed by atoms with Crippen molar-refractivity contribution in [1.29, 1.82) is 0 Å². The van der Waals surface area contributed by atoms with E-state index in [1.54, 1.807) is 24.3 Å². The fraction of sp³-hybridized carbons (Fsp3) is 0.182. The second kappa shape index (κ2) is 5.53. The number of rotatable bonds is 4. The molecule has 0 heterocycles. The molecule has 0 unspecified atom stereocenters. The first kappa shape index (κ1) is 11.8. The number of hydrogen-bond donors (Lipinski definition) is 2. The van der Waals surface area contributed by atoms with Gasteiger partial charge in [0, 0.05) is 5.02 Å². The van der Waals surface area contributed by atoms with Gasteiger partial charge in [0.1, 0.15) is 0 Å². The number of carboxylic acid groups (broad SMARTS) is 1. The largest absolute Gasteiger partial charge is 0.481 e. The fourth-order valence-electron chi connectivity index (χ4n) is 1.22. The molecular formula is C11H11ClO3. The maximum atomic E-state index is 10.6. The molecule has 1 aromatic rings. The van der Waals surface area contributed by atoms with Crippen LogP contribution in [0, 0.1) is 0 Å². The summed E-state index contributed by atoms with van der Waals surface area (Å²) in [7, 11) is 0. The smallest absolute Gasteiger partial charge is 0.307 e. The Morgan fingerprint density at radius 2 is 2.20 bits per heavy atom. The van der Waals surface area contributed by atoms with Crippen LogP contribution >= 0.6 is 11.6 Å². The number of aliphatic carboxylic acids is 1. The van der Waals surface area contributed by atoms with E-state index in [1.165, 1.54) is 6.08 Å². The van der Waals surface area contributed by atoms with Gasteiger partial charge in [-0.15, -0.1) is 0 Å². The summed E-state index contributed by atoms with van der Waals surface area (Å²) in [5.41, 5.74) is 1.40. The molecule has 0 aliphatic heterocycles. The zero-order valence-corrected chi connectivity index (χ0v) is 8.74. The molecule has 0 aliphatic rings. The lowest BCUT2D eigenvalue weighted by molar-refractivity contribution is -0.136. The highest BCUT2D eigenvalue weighted by molar-refractivity contribution is 6.30. The number of carbonyl (C=O) groups is 1. The molecular weight excluding hydrogens is 216 g/mol. The highest BCUT2D eigenvalue weighted by Crippen LogP contribution is 2.18. The van der Waals surface area contributed by atoms with Crippen molar-refractivity contribution in [1.82, 2.24) is 0 Å². The zero-order chi connectivity index (χ0) is 11.3. The quantitative estimate of drug-likeness (QED) is 0.825. The van der Waals surface area contributed by atoms with Crippen LogP contribution in [0.15, 0.2) is 24.3 Å². The lowest BCUT2D eigenvalue weighted by Gasteiger charge is -2.03. The number of halogens is 1. The van der Waals surface area contributed by atoms with E-state index in [9.17, 15) is 4.79 Å². The summed E-state index contributed by atoms with van der Waals surface area (Å²) in [5.74, 6) is -0.893. The topological polar surface area (TPSA) is 57.5 Å². The van der Waals surface area contributed by atoms with Crippen LogP contribution in [0.4, 0.5) is 0 Å². The van der Waals surface area contributed by atoms with Crippen LogP contribution in [0.25, 0.3) is 6.08 Å². The normalized spacial score (nSPS) is 10.8. The molecule has 3 nitrogen and oxygen atoms in total. The summed E-state index contributed by atoms with van der Waals surface area (Å²) in [6.07, 6.45) is 3.14. The number of benzene rings is 1. The van der Waals surface area contributed by atoms with E-state index in [-0.39, 0.29) is 13.0 Å². The Labute approximate surface area is 92.6 Å². The Hall–Kier alpha value is -1.32. The standard InChI is InChI=1S/C11H11ClO3/c12-10-4-3-9(7-11(14)15)8(6-10)2-1-5-13/h1-4,6,13H,5,7H2,(H,14,15). The Kier molecular flexibility index (Phi) is 4.34. The lowest BCUT2D eigenvalue weighted by atomic mass is 10.0. The van der Waals surface area contributed by atoms with Gasteiger partial charge in [-0.1, -0.05) is 29.8 Å². The molecule has 1 aromatic carbocycles. The highest BCUT2D eigenvalue weighted by atomic mass is 35.5. The minimum Gasteiger partial charge on any atom is -0.481 e. The SMILES string of the molecule is O=C(O)Cc1ccc(Cl)cc1C=CCO. The zero-order valence-electron chi connectivity index (χ0n) is 7.98. The molecule has 0 saturated heterocycles. The molecule has 0 aromatic heterocycles. The first-order chi connectivity index (χ1) is 7.13. The number of aliphatic hydroxyl groups is 1. The van der Waals surface area contributed by atoms with Gasteiger partial charge in [-0.3, -0.25) is 4.79 Å². The van der Waals surface area contributed by atoms with E-state index in [0.29, 0.717) is 10.6 Å². The second-order valence-corrected chi connectivity index (χ2v) is 3.44. The van der Waals surface area contributed by atoms with E-state index in [0.717, 1.165) is 5.56 Å². The number of aliphatic hydroxyl groups excluding tert-OH is 1. The molecule has 0 bridgehead atoms. The van der Waals surface area contributed by atoms with Crippen LogP contribution in [0.2, 0.25) is 5.02 Å². The van der Waals surface area contributed by atoms with Gasteiger partial charge in [-0.2, -0.15) is 0 Å². The third-order valence-corrected chi connectivity index (χ3v) is 2.09. The van der Waals surface area contributed by atoms with Crippen molar-refractivity contribution >= 4 is 23.6 Å². The summed E-state index contributed by atoms with van der Waals surface area (Å²) in [6.45, 7) is -0.0843. The van der Waals surface area contributed by atoms with Crippen molar-refractivity contribution in [3.05, 3.63) is 40.4 Å². The molecule has 0 saturated carbocycles. The monoisotopic (exact) mass is 226 g/mol.